The van der Waals surface area contributed by atoms with Crippen molar-refractivity contribution in [1.82, 2.24) is 0 Å². The molecule has 0 aliphatic heterocycles. The molecule has 0 bridgehead atoms. The second-order valence-electron chi connectivity index (χ2n) is 4.59. The maximum Gasteiger partial charge on any atom is 0.124 e. The van der Waals surface area contributed by atoms with Gasteiger partial charge in [0.15, 0.2) is 0 Å². The van der Waals surface area contributed by atoms with Crippen LogP contribution in [0.3, 0.4) is 0 Å². The van der Waals surface area contributed by atoms with E-state index in [0.717, 1.165) is 22.4 Å². The molecule has 0 aliphatic carbocycles. The average molecular weight is 257 g/mol. The lowest BCUT2D eigenvalue weighted by atomic mass is 10.1. The van der Waals surface area contributed by atoms with Gasteiger partial charge in [-0.2, -0.15) is 0 Å². The van der Waals surface area contributed by atoms with E-state index in [-0.39, 0.29) is 12.6 Å². The van der Waals surface area contributed by atoms with Crippen molar-refractivity contribution in [3.05, 3.63) is 65.2 Å². The number of benzene rings is 2. The zero-order valence-corrected chi connectivity index (χ0v) is 11.0. The molecule has 0 saturated heterocycles. The number of hydrogen-bond acceptors (Lipinski definition) is 3. The third kappa shape index (κ3) is 3.56. The fourth-order valence-electron chi connectivity index (χ4n) is 1.89. The fourth-order valence-corrected chi connectivity index (χ4v) is 1.89. The molecule has 0 radical (unpaired) electrons. The minimum atomic E-state index is -0.0482. The molecule has 0 amide bonds. The molecule has 19 heavy (non-hydrogen) atoms. The molecule has 0 unspecified atom stereocenters. The summed E-state index contributed by atoms with van der Waals surface area (Å²) in [6.07, 6.45) is 0. The van der Waals surface area contributed by atoms with E-state index in [0.29, 0.717) is 6.61 Å². The van der Waals surface area contributed by atoms with Gasteiger partial charge >= 0.3 is 0 Å². The Kier molecular flexibility index (Phi) is 4.55. The average Bonchev–Trinajstić information content (AvgIpc) is 2.46. The van der Waals surface area contributed by atoms with Crippen molar-refractivity contribution in [1.29, 1.82) is 0 Å². The maximum atomic E-state index is 8.99. The molecule has 1 atom stereocenters. The maximum absolute atomic E-state index is 8.99. The van der Waals surface area contributed by atoms with Crippen LogP contribution < -0.4 is 10.5 Å². The van der Waals surface area contributed by atoms with Gasteiger partial charge in [0.1, 0.15) is 12.4 Å². The molecule has 0 saturated carbocycles. The number of ether oxygens (including phenoxy) is 1. The van der Waals surface area contributed by atoms with Crippen molar-refractivity contribution >= 4 is 0 Å². The number of rotatable bonds is 5. The molecule has 0 spiro atoms. The SMILES string of the molecule is C[C@@H](N)c1ccccc1OCc1ccc(CO)cc1. The summed E-state index contributed by atoms with van der Waals surface area (Å²) in [5.74, 6) is 0.823. The van der Waals surface area contributed by atoms with Gasteiger partial charge in [-0.15, -0.1) is 0 Å². The van der Waals surface area contributed by atoms with Gasteiger partial charge in [-0.3, -0.25) is 0 Å². The molecule has 0 aromatic heterocycles. The molecule has 0 aliphatic rings. The van der Waals surface area contributed by atoms with Crippen LogP contribution in [0.15, 0.2) is 48.5 Å². The van der Waals surface area contributed by atoms with Crippen LogP contribution in [0.2, 0.25) is 0 Å². The smallest absolute Gasteiger partial charge is 0.124 e. The van der Waals surface area contributed by atoms with E-state index in [9.17, 15) is 0 Å². The van der Waals surface area contributed by atoms with Crippen molar-refractivity contribution in [2.24, 2.45) is 5.73 Å². The van der Waals surface area contributed by atoms with E-state index in [1.165, 1.54) is 0 Å². The Morgan fingerprint density at radius 3 is 2.32 bits per heavy atom. The highest BCUT2D eigenvalue weighted by molar-refractivity contribution is 5.35. The zero-order valence-electron chi connectivity index (χ0n) is 11.0. The molecule has 100 valence electrons. The first kappa shape index (κ1) is 13.6. The second kappa shape index (κ2) is 6.36. The van der Waals surface area contributed by atoms with Gasteiger partial charge in [0.05, 0.1) is 6.61 Å². The van der Waals surface area contributed by atoms with Crippen LogP contribution in [0.25, 0.3) is 0 Å². The molecule has 3 N–H and O–H groups in total. The van der Waals surface area contributed by atoms with Gasteiger partial charge in [0.2, 0.25) is 0 Å². The molecular weight excluding hydrogens is 238 g/mol. The molecule has 3 nitrogen and oxygen atoms in total. The van der Waals surface area contributed by atoms with Gasteiger partial charge in [0, 0.05) is 11.6 Å². The van der Waals surface area contributed by atoms with Crippen LogP contribution in [0.5, 0.6) is 5.75 Å². The van der Waals surface area contributed by atoms with Crippen LogP contribution in [-0.4, -0.2) is 5.11 Å². The summed E-state index contributed by atoms with van der Waals surface area (Å²) in [7, 11) is 0. The van der Waals surface area contributed by atoms with Gasteiger partial charge in [0.25, 0.3) is 0 Å². The Labute approximate surface area is 113 Å². The lowest BCUT2D eigenvalue weighted by Gasteiger charge is -2.13. The fraction of sp³-hybridized carbons (Fsp3) is 0.250. The summed E-state index contributed by atoms with van der Waals surface area (Å²) in [5, 5.41) is 8.99. The predicted octanol–water partition coefficient (Wildman–Crippen LogP) is 2.78. The van der Waals surface area contributed by atoms with Crippen molar-refractivity contribution in [3.8, 4) is 5.75 Å². The van der Waals surface area contributed by atoms with E-state index in [1.807, 2.05) is 55.5 Å². The van der Waals surface area contributed by atoms with E-state index in [2.05, 4.69) is 0 Å². The minimum Gasteiger partial charge on any atom is -0.489 e. The van der Waals surface area contributed by atoms with Crippen LogP contribution in [0, 0.1) is 0 Å². The Hall–Kier alpha value is -1.84. The van der Waals surface area contributed by atoms with Crippen molar-refractivity contribution < 1.29 is 9.84 Å². The van der Waals surface area contributed by atoms with Crippen molar-refractivity contribution in [3.63, 3.8) is 0 Å². The summed E-state index contributed by atoms with van der Waals surface area (Å²) >= 11 is 0. The van der Waals surface area contributed by atoms with Crippen molar-refractivity contribution in [2.45, 2.75) is 26.2 Å². The van der Waals surface area contributed by atoms with Gasteiger partial charge in [-0.1, -0.05) is 42.5 Å². The highest BCUT2D eigenvalue weighted by Gasteiger charge is 2.07. The number of hydrogen-bond donors (Lipinski definition) is 2. The third-order valence-electron chi connectivity index (χ3n) is 3.01. The standard InChI is InChI=1S/C16H19NO2/c1-12(17)15-4-2-3-5-16(15)19-11-14-8-6-13(10-18)7-9-14/h2-9,12,18H,10-11,17H2,1H3/t12-/m1/s1. The van der Waals surface area contributed by atoms with E-state index in [4.69, 9.17) is 15.6 Å². The Morgan fingerprint density at radius 1 is 1.05 bits per heavy atom. The highest BCUT2D eigenvalue weighted by atomic mass is 16.5. The molecule has 2 aromatic carbocycles. The Balaban J connectivity index is 2.05. The zero-order chi connectivity index (χ0) is 13.7. The van der Waals surface area contributed by atoms with Crippen LogP contribution in [0.1, 0.15) is 29.7 Å². The molecular formula is C16H19NO2. The first-order chi connectivity index (χ1) is 9.20. The number of aliphatic hydroxyl groups excluding tert-OH is 1. The minimum absolute atomic E-state index is 0.0482. The van der Waals surface area contributed by atoms with E-state index < -0.39 is 0 Å². The van der Waals surface area contributed by atoms with Crippen LogP contribution in [-0.2, 0) is 13.2 Å². The van der Waals surface area contributed by atoms with Crippen LogP contribution in [0.4, 0.5) is 0 Å². The highest BCUT2D eigenvalue weighted by Crippen LogP contribution is 2.24. The third-order valence-corrected chi connectivity index (χ3v) is 3.01. The Bertz CT molecular complexity index is 521. The van der Waals surface area contributed by atoms with Gasteiger partial charge < -0.3 is 15.6 Å². The molecule has 0 fully saturated rings. The summed E-state index contributed by atoms with van der Waals surface area (Å²) in [6.45, 7) is 2.50. The summed E-state index contributed by atoms with van der Waals surface area (Å²) in [6, 6.07) is 15.5. The molecule has 0 heterocycles. The largest absolute Gasteiger partial charge is 0.489 e. The van der Waals surface area contributed by atoms with E-state index >= 15 is 0 Å². The normalized spacial score (nSPS) is 12.2. The molecule has 3 heteroatoms. The lowest BCUT2D eigenvalue weighted by molar-refractivity contribution is 0.281. The first-order valence-corrected chi connectivity index (χ1v) is 6.36. The predicted molar refractivity (Wildman–Crippen MR) is 75.7 cm³/mol. The van der Waals surface area contributed by atoms with Gasteiger partial charge in [-0.25, -0.2) is 0 Å². The van der Waals surface area contributed by atoms with E-state index in [1.54, 1.807) is 0 Å². The number of nitrogens with two attached hydrogens (primary N) is 1. The molecule has 2 aromatic rings. The van der Waals surface area contributed by atoms with Gasteiger partial charge in [-0.05, 0) is 24.1 Å². The summed E-state index contributed by atoms with van der Waals surface area (Å²) in [4.78, 5) is 0. The lowest BCUT2D eigenvalue weighted by Crippen LogP contribution is -2.08. The molecule has 2 rings (SSSR count). The first-order valence-electron chi connectivity index (χ1n) is 6.36. The Morgan fingerprint density at radius 2 is 1.68 bits per heavy atom. The number of para-hydroxylation sites is 1. The monoisotopic (exact) mass is 257 g/mol. The van der Waals surface area contributed by atoms with Crippen LogP contribution >= 0.6 is 0 Å². The van der Waals surface area contributed by atoms with Crippen molar-refractivity contribution in [2.75, 3.05) is 0 Å². The summed E-state index contributed by atoms with van der Waals surface area (Å²) in [5.41, 5.74) is 8.89. The second-order valence-corrected chi connectivity index (χ2v) is 4.59. The summed E-state index contributed by atoms with van der Waals surface area (Å²) < 4.78 is 5.82. The quantitative estimate of drug-likeness (QED) is 0.866. The topological polar surface area (TPSA) is 55.5 Å². The number of aliphatic hydroxyl groups is 1.